The Morgan fingerprint density at radius 3 is 2.63 bits per heavy atom. The van der Waals surface area contributed by atoms with Gasteiger partial charge in [-0.15, -0.1) is 10.2 Å². The molecule has 1 atom stereocenters. The molecule has 2 heterocycles. The van der Waals surface area contributed by atoms with E-state index in [0.29, 0.717) is 11.8 Å². The van der Waals surface area contributed by atoms with Gasteiger partial charge >= 0.3 is 0 Å². The highest BCUT2D eigenvalue weighted by molar-refractivity contribution is 5.55. The molecule has 0 amide bonds. The summed E-state index contributed by atoms with van der Waals surface area (Å²) in [5, 5.41) is 11.6. The molecule has 0 aromatic carbocycles. The number of hydrogen-bond acceptors (Lipinski definition) is 5. The fourth-order valence-electron chi connectivity index (χ4n) is 2.05. The maximum atomic E-state index is 5.77. The van der Waals surface area contributed by atoms with E-state index in [4.69, 9.17) is 4.42 Å². The third-order valence-electron chi connectivity index (χ3n) is 3.05. The second-order valence-electron chi connectivity index (χ2n) is 4.55. The molecule has 0 fully saturated rings. The molecule has 102 valence electrons. The van der Waals surface area contributed by atoms with Crippen molar-refractivity contribution in [3.63, 3.8) is 0 Å². The number of aryl methyl sites for hydroxylation is 2. The van der Waals surface area contributed by atoms with Gasteiger partial charge in [0.2, 0.25) is 11.8 Å². The SMILES string of the molecule is CCNC(CC)c1nnc(-c2ccc(C)nc2C)o1. The lowest BCUT2D eigenvalue weighted by Gasteiger charge is -2.10. The van der Waals surface area contributed by atoms with Crippen molar-refractivity contribution >= 4 is 0 Å². The molecular weight excluding hydrogens is 240 g/mol. The summed E-state index contributed by atoms with van der Waals surface area (Å²) in [6, 6.07) is 4.04. The first-order chi connectivity index (χ1) is 9.15. The average Bonchev–Trinajstić information content (AvgIpc) is 2.85. The minimum Gasteiger partial charge on any atom is -0.419 e. The Morgan fingerprint density at radius 1 is 1.21 bits per heavy atom. The third-order valence-corrected chi connectivity index (χ3v) is 3.05. The van der Waals surface area contributed by atoms with Crippen molar-refractivity contribution in [2.24, 2.45) is 0 Å². The Morgan fingerprint density at radius 2 is 2.00 bits per heavy atom. The third kappa shape index (κ3) is 2.98. The van der Waals surface area contributed by atoms with Crippen molar-refractivity contribution < 1.29 is 4.42 Å². The van der Waals surface area contributed by atoms with Gasteiger partial charge in [0.1, 0.15) is 0 Å². The zero-order valence-corrected chi connectivity index (χ0v) is 11.9. The van der Waals surface area contributed by atoms with Crippen LogP contribution in [0.1, 0.15) is 43.6 Å². The van der Waals surface area contributed by atoms with Gasteiger partial charge in [0, 0.05) is 5.69 Å². The summed E-state index contributed by atoms with van der Waals surface area (Å²) < 4.78 is 5.77. The molecule has 5 heteroatoms. The predicted octanol–water partition coefficient (Wildman–Crippen LogP) is 2.81. The van der Waals surface area contributed by atoms with Crippen LogP contribution in [0.15, 0.2) is 16.5 Å². The van der Waals surface area contributed by atoms with Crippen LogP contribution in [0, 0.1) is 13.8 Å². The molecule has 0 aliphatic heterocycles. The van der Waals surface area contributed by atoms with E-state index in [1.165, 1.54) is 0 Å². The first kappa shape index (κ1) is 13.7. The largest absolute Gasteiger partial charge is 0.419 e. The molecule has 0 saturated heterocycles. The fourth-order valence-corrected chi connectivity index (χ4v) is 2.05. The molecule has 0 spiro atoms. The molecule has 0 aliphatic carbocycles. The number of rotatable bonds is 5. The number of pyridine rings is 1. The van der Waals surface area contributed by atoms with Crippen molar-refractivity contribution in [3.05, 3.63) is 29.4 Å². The standard InChI is InChI=1S/C14H20N4O/c1-5-12(15-6-2)14-18-17-13(19-14)11-8-7-9(3)16-10(11)4/h7-8,12,15H,5-6H2,1-4H3. The van der Waals surface area contributed by atoms with Crippen molar-refractivity contribution in [2.75, 3.05) is 6.54 Å². The van der Waals surface area contributed by atoms with Crippen molar-refractivity contribution in [1.82, 2.24) is 20.5 Å². The van der Waals surface area contributed by atoms with Crippen molar-refractivity contribution in [3.8, 4) is 11.5 Å². The average molecular weight is 260 g/mol. The van der Waals surface area contributed by atoms with Crippen LogP contribution >= 0.6 is 0 Å². The molecule has 2 rings (SSSR count). The lowest BCUT2D eigenvalue weighted by molar-refractivity contribution is 0.402. The van der Waals surface area contributed by atoms with E-state index < -0.39 is 0 Å². The normalized spacial score (nSPS) is 12.6. The van der Waals surface area contributed by atoms with Crippen LogP contribution in [0.5, 0.6) is 0 Å². The van der Waals surface area contributed by atoms with Crippen LogP contribution in [-0.2, 0) is 0 Å². The lowest BCUT2D eigenvalue weighted by atomic mass is 10.2. The van der Waals surface area contributed by atoms with Gasteiger partial charge in [-0.05, 0) is 38.9 Å². The van der Waals surface area contributed by atoms with E-state index in [2.05, 4.69) is 34.3 Å². The lowest BCUT2D eigenvalue weighted by Crippen LogP contribution is -2.20. The van der Waals surface area contributed by atoms with Gasteiger partial charge in [-0.25, -0.2) is 0 Å². The van der Waals surface area contributed by atoms with E-state index in [0.717, 1.165) is 29.9 Å². The number of hydrogen-bond donors (Lipinski definition) is 1. The molecule has 0 aliphatic rings. The quantitative estimate of drug-likeness (QED) is 0.895. The van der Waals surface area contributed by atoms with Gasteiger partial charge in [0.15, 0.2) is 0 Å². The monoisotopic (exact) mass is 260 g/mol. The zero-order chi connectivity index (χ0) is 13.8. The molecule has 1 unspecified atom stereocenters. The Balaban J connectivity index is 2.29. The first-order valence-corrected chi connectivity index (χ1v) is 6.67. The van der Waals surface area contributed by atoms with Crippen LogP contribution in [0.4, 0.5) is 0 Å². The summed E-state index contributed by atoms with van der Waals surface area (Å²) in [7, 11) is 0. The summed E-state index contributed by atoms with van der Waals surface area (Å²) in [6.07, 6.45) is 0.917. The van der Waals surface area contributed by atoms with E-state index in [1.54, 1.807) is 0 Å². The highest BCUT2D eigenvalue weighted by atomic mass is 16.4. The summed E-state index contributed by atoms with van der Waals surface area (Å²) in [6.45, 7) is 8.95. The van der Waals surface area contributed by atoms with Crippen LogP contribution in [0.3, 0.4) is 0 Å². The molecular formula is C14H20N4O. The number of aromatic nitrogens is 3. The summed E-state index contributed by atoms with van der Waals surface area (Å²) in [5.41, 5.74) is 2.79. The first-order valence-electron chi connectivity index (χ1n) is 6.67. The predicted molar refractivity (Wildman–Crippen MR) is 73.7 cm³/mol. The maximum absolute atomic E-state index is 5.77. The fraction of sp³-hybridized carbons (Fsp3) is 0.500. The minimum absolute atomic E-state index is 0.116. The van der Waals surface area contributed by atoms with Gasteiger partial charge in [-0.1, -0.05) is 13.8 Å². The molecule has 0 saturated carbocycles. The Kier molecular flexibility index (Phi) is 4.27. The summed E-state index contributed by atoms with van der Waals surface area (Å²) in [4.78, 5) is 4.42. The zero-order valence-electron chi connectivity index (χ0n) is 11.9. The second kappa shape index (κ2) is 5.93. The number of nitrogens with zero attached hydrogens (tertiary/aromatic N) is 3. The van der Waals surface area contributed by atoms with E-state index in [1.807, 2.05) is 26.0 Å². The van der Waals surface area contributed by atoms with Gasteiger partial charge < -0.3 is 9.73 Å². The van der Waals surface area contributed by atoms with Gasteiger partial charge in [-0.2, -0.15) is 0 Å². The topological polar surface area (TPSA) is 63.8 Å². The summed E-state index contributed by atoms with van der Waals surface area (Å²) in [5.74, 6) is 1.18. The molecule has 0 bridgehead atoms. The maximum Gasteiger partial charge on any atom is 0.249 e. The summed E-state index contributed by atoms with van der Waals surface area (Å²) >= 11 is 0. The Hall–Kier alpha value is -1.75. The van der Waals surface area contributed by atoms with Crippen LogP contribution in [0.2, 0.25) is 0 Å². The van der Waals surface area contributed by atoms with Gasteiger partial charge in [0.25, 0.3) is 0 Å². The smallest absolute Gasteiger partial charge is 0.249 e. The molecule has 19 heavy (non-hydrogen) atoms. The van der Waals surface area contributed by atoms with Crippen molar-refractivity contribution in [2.45, 2.75) is 40.2 Å². The van der Waals surface area contributed by atoms with Crippen LogP contribution < -0.4 is 5.32 Å². The van der Waals surface area contributed by atoms with Crippen LogP contribution in [0.25, 0.3) is 11.5 Å². The molecule has 2 aromatic heterocycles. The molecule has 1 N–H and O–H groups in total. The Bertz CT molecular complexity index is 550. The van der Waals surface area contributed by atoms with E-state index in [9.17, 15) is 0 Å². The van der Waals surface area contributed by atoms with E-state index >= 15 is 0 Å². The van der Waals surface area contributed by atoms with Gasteiger partial charge in [-0.3, -0.25) is 4.98 Å². The molecule has 5 nitrogen and oxygen atoms in total. The minimum atomic E-state index is 0.116. The van der Waals surface area contributed by atoms with E-state index in [-0.39, 0.29) is 6.04 Å². The molecule has 2 aromatic rings. The van der Waals surface area contributed by atoms with Gasteiger partial charge in [0.05, 0.1) is 17.3 Å². The van der Waals surface area contributed by atoms with Crippen LogP contribution in [-0.4, -0.2) is 21.7 Å². The highest BCUT2D eigenvalue weighted by Gasteiger charge is 2.17. The highest BCUT2D eigenvalue weighted by Crippen LogP contribution is 2.24. The van der Waals surface area contributed by atoms with Crippen molar-refractivity contribution in [1.29, 1.82) is 0 Å². The second-order valence-corrected chi connectivity index (χ2v) is 4.55. The number of nitrogens with one attached hydrogen (secondary N) is 1. The Labute approximate surface area is 113 Å². The molecule has 0 radical (unpaired) electrons.